The molecule has 1 N–H and O–H groups in total. The summed E-state index contributed by atoms with van der Waals surface area (Å²) in [6.07, 6.45) is -2.60. The Bertz CT molecular complexity index is 199. The summed E-state index contributed by atoms with van der Waals surface area (Å²) in [5.74, 6) is -0.444. The van der Waals surface area contributed by atoms with Crippen LogP contribution in [0.4, 0.5) is 8.78 Å². The molecule has 1 rings (SSSR count). The molecule has 9 heavy (non-hydrogen) atoms. The van der Waals surface area contributed by atoms with Crippen LogP contribution in [0.3, 0.4) is 0 Å². The lowest BCUT2D eigenvalue weighted by atomic mass is 10.7. The van der Waals surface area contributed by atoms with Crippen molar-refractivity contribution in [2.45, 2.75) is 11.6 Å². The molecule has 1 heterocycles. The van der Waals surface area contributed by atoms with Crippen LogP contribution < -0.4 is 0 Å². The van der Waals surface area contributed by atoms with Crippen molar-refractivity contribution < 1.29 is 8.78 Å². The third-order valence-electron chi connectivity index (χ3n) is 0.698. The second-order valence-corrected chi connectivity index (χ2v) is 1.72. The van der Waals surface area contributed by atoms with E-state index in [1.54, 1.807) is 0 Å². The van der Waals surface area contributed by atoms with Crippen LogP contribution in [0.15, 0.2) is 5.16 Å². The Balaban J connectivity index is 2.85. The van der Waals surface area contributed by atoms with Gasteiger partial charge in [0.15, 0.2) is 5.82 Å². The summed E-state index contributed by atoms with van der Waals surface area (Å²) < 4.78 is 23.2. The van der Waals surface area contributed by atoms with Crippen molar-refractivity contribution in [2.24, 2.45) is 0 Å². The van der Waals surface area contributed by atoms with E-state index in [0.717, 1.165) is 0 Å². The third kappa shape index (κ3) is 1.38. The van der Waals surface area contributed by atoms with E-state index in [4.69, 9.17) is 0 Å². The van der Waals surface area contributed by atoms with Gasteiger partial charge >= 0.3 is 0 Å². The van der Waals surface area contributed by atoms with Crippen LogP contribution in [-0.2, 0) is 0 Å². The summed E-state index contributed by atoms with van der Waals surface area (Å²) >= 11 is 3.61. The number of aromatic nitrogens is 3. The third-order valence-corrected chi connectivity index (χ3v) is 0.898. The first-order valence-electron chi connectivity index (χ1n) is 2.09. The molecule has 0 aliphatic rings. The number of alkyl halides is 2. The number of hydrogen-bond acceptors (Lipinski definition) is 3. The smallest absolute Gasteiger partial charge is 0.257 e. The standard InChI is InChI=1S/C3H3F2N3S/c4-1(5)2-6-3(9)8-7-2/h1H,(H2,6,7,8,9). The molecule has 0 fully saturated rings. The van der Waals surface area contributed by atoms with Crippen LogP contribution in [0.2, 0.25) is 0 Å². The predicted molar refractivity (Wildman–Crippen MR) is 28.6 cm³/mol. The predicted octanol–water partition coefficient (Wildman–Crippen LogP) is 1.03. The average Bonchev–Trinajstić information content (AvgIpc) is 2.14. The second kappa shape index (κ2) is 2.30. The fraction of sp³-hybridized carbons (Fsp3) is 0.333. The molecule has 0 aliphatic heterocycles. The molecular weight excluding hydrogens is 148 g/mol. The number of thiol groups is 1. The van der Waals surface area contributed by atoms with E-state index in [1.165, 1.54) is 0 Å². The maximum Gasteiger partial charge on any atom is 0.296 e. The zero-order valence-electron chi connectivity index (χ0n) is 4.17. The zero-order chi connectivity index (χ0) is 6.85. The SMILES string of the molecule is FC(F)c1nc(S)n[nH]1. The van der Waals surface area contributed by atoms with E-state index in [9.17, 15) is 8.78 Å². The highest BCUT2D eigenvalue weighted by atomic mass is 32.1. The molecule has 1 aromatic heterocycles. The normalized spacial score (nSPS) is 10.7. The summed E-state index contributed by atoms with van der Waals surface area (Å²) in [4.78, 5) is 3.26. The van der Waals surface area contributed by atoms with Crippen LogP contribution >= 0.6 is 12.6 Å². The summed E-state index contributed by atoms with van der Waals surface area (Å²) in [6, 6.07) is 0. The summed E-state index contributed by atoms with van der Waals surface area (Å²) in [5.41, 5.74) is 0. The first-order valence-corrected chi connectivity index (χ1v) is 2.54. The molecule has 3 nitrogen and oxygen atoms in total. The Labute approximate surface area is 54.9 Å². The van der Waals surface area contributed by atoms with Gasteiger partial charge in [0.1, 0.15) is 0 Å². The van der Waals surface area contributed by atoms with Crippen molar-refractivity contribution in [3.05, 3.63) is 5.82 Å². The topological polar surface area (TPSA) is 41.6 Å². The fourth-order valence-electron chi connectivity index (χ4n) is 0.363. The van der Waals surface area contributed by atoms with Gasteiger partial charge in [-0.25, -0.2) is 13.8 Å². The Kier molecular flexibility index (Phi) is 1.65. The quantitative estimate of drug-likeness (QED) is 0.588. The van der Waals surface area contributed by atoms with Crippen molar-refractivity contribution in [3.63, 3.8) is 0 Å². The van der Waals surface area contributed by atoms with Crippen LogP contribution in [0, 0.1) is 0 Å². The van der Waals surface area contributed by atoms with E-state index >= 15 is 0 Å². The van der Waals surface area contributed by atoms with Crippen LogP contribution in [0.25, 0.3) is 0 Å². The van der Waals surface area contributed by atoms with E-state index in [1.807, 2.05) is 5.10 Å². The lowest BCUT2D eigenvalue weighted by molar-refractivity contribution is 0.140. The van der Waals surface area contributed by atoms with Crippen molar-refractivity contribution >= 4 is 12.6 Å². The van der Waals surface area contributed by atoms with Gasteiger partial charge in [-0.2, -0.15) is 0 Å². The molecule has 0 aromatic carbocycles. The highest BCUT2D eigenvalue weighted by Gasteiger charge is 2.10. The molecule has 1 aromatic rings. The maximum atomic E-state index is 11.6. The van der Waals surface area contributed by atoms with Gasteiger partial charge < -0.3 is 0 Å². The minimum absolute atomic E-state index is 0.0327. The van der Waals surface area contributed by atoms with E-state index < -0.39 is 12.2 Å². The molecule has 0 saturated heterocycles. The van der Waals surface area contributed by atoms with Gasteiger partial charge in [0, 0.05) is 0 Å². The van der Waals surface area contributed by atoms with E-state index in [-0.39, 0.29) is 5.16 Å². The van der Waals surface area contributed by atoms with Gasteiger partial charge in [0.05, 0.1) is 0 Å². The summed E-state index contributed by atoms with van der Waals surface area (Å²) in [5, 5.41) is 5.34. The van der Waals surface area contributed by atoms with Crippen molar-refractivity contribution in [1.29, 1.82) is 0 Å². The highest BCUT2D eigenvalue weighted by molar-refractivity contribution is 7.80. The van der Waals surface area contributed by atoms with Crippen LogP contribution in [0.1, 0.15) is 12.2 Å². The monoisotopic (exact) mass is 151 g/mol. The number of aromatic amines is 1. The largest absolute Gasteiger partial charge is 0.296 e. The Hall–Kier alpha value is -0.650. The number of hydrogen-bond donors (Lipinski definition) is 2. The summed E-state index contributed by atoms with van der Waals surface area (Å²) in [6.45, 7) is 0. The van der Waals surface area contributed by atoms with Crippen LogP contribution in [0.5, 0.6) is 0 Å². The molecule has 0 radical (unpaired) electrons. The maximum absolute atomic E-state index is 11.6. The van der Waals surface area contributed by atoms with Gasteiger partial charge in [-0.3, -0.25) is 5.10 Å². The molecule has 0 unspecified atom stereocenters. The zero-order valence-corrected chi connectivity index (χ0v) is 5.07. The number of H-pyrrole nitrogens is 1. The minimum atomic E-state index is -2.60. The van der Waals surface area contributed by atoms with E-state index in [2.05, 4.69) is 22.7 Å². The molecule has 0 bridgehead atoms. The Morgan fingerprint density at radius 3 is 2.44 bits per heavy atom. The summed E-state index contributed by atoms with van der Waals surface area (Å²) in [7, 11) is 0. The number of nitrogens with zero attached hydrogens (tertiary/aromatic N) is 2. The van der Waals surface area contributed by atoms with Gasteiger partial charge in [0.2, 0.25) is 5.16 Å². The molecule has 0 amide bonds. The molecule has 0 spiro atoms. The molecule has 6 heteroatoms. The fourth-order valence-corrected chi connectivity index (χ4v) is 0.520. The molecule has 0 saturated carbocycles. The first-order chi connectivity index (χ1) is 4.20. The molecule has 50 valence electrons. The van der Waals surface area contributed by atoms with Gasteiger partial charge in [-0.15, -0.1) is 17.7 Å². The van der Waals surface area contributed by atoms with Gasteiger partial charge in [-0.05, 0) is 0 Å². The Morgan fingerprint density at radius 2 is 2.22 bits per heavy atom. The lowest BCUT2D eigenvalue weighted by Crippen LogP contribution is -1.85. The molecular formula is C3H3F2N3S. The van der Waals surface area contributed by atoms with E-state index in [0.29, 0.717) is 0 Å². The minimum Gasteiger partial charge on any atom is -0.257 e. The van der Waals surface area contributed by atoms with Crippen molar-refractivity contribution in [1.82, 2.24) is 15.2 Å². The highest BCUT2D eigenvalue weighted by Crippen LogP contribution is 2.13. The Morgan fingerprint density at radius 1 is 1.56 bits per heavy atom. The van der Waals surface area contributed by atoms with Crippen molar-refractivity contribution in [3.8, 4) is 0 Å². The number of halogens is 2. The van der Waals surface area contributed by atoms with Crippen LogP contribution in [-0.4, -0.2) is 15.2 Å². The van der Waals surface area contributed by atoms with Gasteiger partial charge in [0.25, 0.3) is 6.43 Å². The second-order valence-electron chi connectivity index (χ2n) is 1.32. The molecule has 0 aliphatic carbocycles. The lowest BCUT2D eigenvalue weighted by Gasteiger charge is -1.85. The number of nitrogens with one attached hydrogen (secondary N) is 1. The van der Waals surface area contributed by atoms with Crippen molar-refractivity contribution in [2.75, 3.05) is 0 Å². The first kappa shape index (κ1) is 6.47. The average molecular weight is 151 g/mol. The van der Waals surface area contributed by atoms with Gasteiger partial charge in [-0.1, -0.05) is 0 Å². The number of rotatable bonds is 1. The molecule has 0 atom stereocenters.